The van der Waals surface area contributed by atoms with Crippen molar-refractivity contribution < 1.29 is 9.53 Å². The Hall–Kier alpha value is -2.00. The average molecular weight is 372 g/mol. The highest BCUT2D eigenvalue weighted by Gasteiger charge is 2.21. The Bertz CT molecular complexity index is 757. The van der Waals surface area contributed by atoms with Crippen molar-refractivity contribution >= 4 is 17.5 Å². The fourth-order valence-corrected chi connectivity index (χ4v) is 3.54. The van der Waals surface area contributed by atoms with Crippen LogP contribution in [0.4, 0.5) is 0 Å². The van der Waals surface area contributed by atoms with Crippen molar-refractivity contribution in [1.82, 2.24) is 5.32 Å². The van der Waals surface area contributed by atoms with E-state index in [-0.39, 0.29) is 11.9 Å². The SMILES string of the molecule is CC[C@H](Oc1ccc(Cl)cc1)C(=O)N[C@H](C)c1ccc2c(c1)CCCC2. The predicted octanol–water partition coefficient (Wildman–Crippen LogP) is 5.25. The van der Waals surface area contributed by atoms with Crippen LogP contribution in [-0.2, 0) is 17.6 Å². The molecule has 0 fully saturated rings. The van der Waals surface area contributed by atoms with Crippen LogP contribution in [0.3, 0.4) is 0 Å². The van der Waals surface area contributed by atoms with Crippen LogP contribution in [0.1, 0.15) is 55.8 Å². The molecule has 1 amide bonds. The summed E-state index contributed by atoms with van der Waals surface area (Å²) in [7, 11) is 0. The van der Waals surface area contributed by atoms with E-state index in [1.54, 1.807) is 24.3 Å². The van der Waals surface area contributed by atoms with Crippen molar-refractivity contribution in [2.75, 3.05) is 0 Å². The molecular weight excluding hydrogens is 346 g/mol. The Kier molecular flexibility index (Phi) is 6.20. The van der Waals surface area contributed by atoms with Gasteiger partial charge in [0.1, 0.15) is 5.75 Å². The van der Waals surface area contributed by atoms with Gasteiger partial charge in [-0.05, 0) is 80.0 Å². The van der Waals surface area contributed by atoms with Gasteiger partial charge in [-0.3, -0.25) is 4.79 Å². The normalized spacial score (nSPS) is 15.7. The minimum absolute atomic E-state index is 0.0439. The number of rotatable bonds is 6. The molecule has 0 aliphatic heterocycles. The number of fused-ring (bicyclic) bond motifs is 1. The molecule has 0 unspecified atom stereocenters. The second-order valence-corrected chi connectivity index (χ2v) is 7.37. The van der Waals surface area contributed by atoms with E-state index >= 15 is 0 Å². The highest BCUT2D eigenvalue weighted by Crippen LogP contribution is 2.25. The summed E-state index contributed by atoms with van der Waals surface area (Å²) in [5.74, 6) is 0.561. The van der Waals surface area contributed by atoms with Gasteiger partial charge in [-0.1, -0.05) is 36.7 Å². The van der Waals surface area contributed by atoms with Crippen LogP contribution in [0.25, 0.3) is 0 Å². The van der Waals surface area contributed by atoms with Crippen LogP contribution in [0.5, 0.6) is 5.75 Å². The molecule has 4 heteroatoms. The Morgan fingerprint density at radius 2 is 1.81 bits per heavy atom. The highest BCUT2D eigenvalue weighted by atomic mass is 35.5. The van der Waals surface area contributed by atoms with Crippen LogP contribution in [0.2, 0.25) is 5.02 Å². The molecule has 0 spiro atoms. The second kappa shape index (κ2) is 8.59. The molecule has 0 saturated heterocycles. The lowest BCUT2D eigenvalue weighted by Gasteiger charge is -2.22. The Morgan fingerprint density at radius 1 is 1.12 bits per heavy atom. The van der Waals surface area contributed by atoms with E-state index in [0.29, 0.717) is 17.2 Å². The van der Waals surface area contributed by atoms with E-state index in [1.165, 1.54) is 30.4 Å². The van der Waals surface area contributed by atoms with Gasteiger partial charge in [0.25, 0.3) is 5.91 Å². The number of ether oxygens (including phenoxy) is 1. The van der Waals surface area contributed by atoms with Crippen molar-refractivity contribution in [2.24, 2.45) is 0 Å². The molecular formula is C22H26ClNO2. The van der Waals surface area contributed by atoms with Gasteiger partial charge < -0.3 is 10.1 Å². The minimum atomic E-state index is -0.517. The van der Waals surface area contributed by atoms with E-state index in [1.807, 2.05) is 13.8 Å². The molecule has 0 radical (unpaired) electrons. The van der Waals surface area contributed by atoms with Gasteiger partial charge in [-0.25, -0.2) is 0 Å². The fraction of sp³-hybridized carbons (Fsp3) is 0.409. The molecule has 26 heavy (non-hydrogen) atoms. The van der Waals surface area contributed by atoms with Crippen molar-refractivity contribution in [3.63, 3.8) is 0 Å². The maximum Gasteiger partial charge on any atom is 0.261 e. The fourth-order valence-electron chi connectivity index (χ4n) is 3.41. The lowest BCUT2D eigenvalue weighted by Crippen LogP contribution is -2.39. The van der Waals surface area contributed by atoms with Crippen LogP contribution >= 0.6 is 11.6 Å². The molecule has 2 aromatic carbocycles. The monoisotopic (exact) mass is 371 g/mol. The summed E-state index contributed by atoms with van der Waals surface area (Å²) in [5.41, 5.74) is 4.04. The number of carbonyl (C=O) groups excluding carboxylic acids is 1. The highest BCUT2D eigenvalue weighted by molar-refractivity contribution is 6.30. The summed E-state index contributed by atoms with van der Waals surface area (Å²) >= 11 is 5.90. The standard InChI is InChI=1S/C22H26ClNO2/c1-3-21(26-20-12-10-19(23)11-13-20)22(25)24-15(2)17-9-8-16-6-4-5-7-18(16)14-17/h8-15,21H,3-7H2,1-2H3,(H,24,25)/t15-,21+/m1/s1. The van der Waals surface area contributed by atoms with Gasteiger partial charge in [-0.2, -0.15) is 0 Å². The van der Waals surface area contributed by atoms with E-state index in [0.717, 1.165) is 12.0 Å². The first kappa shape index (κ1) is 18.8. The van der Waals surface area contributed by atoms with E-state index < -0.39 is 6.10 Å². The third kappa shape index (κ3) is 4.59. The molecule has 2 atom stereocenters. The lowest BCUT2D eigenvalue weighted by atomic mass is 9.89. The smallest absolute Gasteiger partial charge is 0.261 e. The molecule has 1 N–H and O–H groups in total. The quantitative estimate of drug-likeness (QED) is 0.752. The number of benzene rings is 2. The first-order valence-corrected chi connectivity index (χ1v) is 9.79. The van der Waals surface area contributed by atoms with Crippen molar-refractivity contribution in [3.05, 3.63) is 64.2 Å². The van der Waals surface area contributed by atoms with Gasteiger partial charge in [0, 0.05) is 5.02 Å². The number of carbonyl (C=O) groups is 1. The molecule has 3 rings (SSSR count). The summed E-state index contributed by atoms with van der Waals surface area (Å²) in [4.78, 5) is 12.7. The average Bonchev–Trinajstić information content (AvgIpc) is 2.67. The first-order valence-electron chi connectivity index (χ1n) is 9.41. The zero-order chi connectivity index (χ0) is 18.5. The van der Waals surface area contributed by atoms with Crippen LogP contribution in [-0.4, -0.2) is 12.0 Å². The Balaban J connectivity index is 1.64. The molecule has 0 saturated carbocycles. The van der Waals surface area contributed by atoms with Gasteiger partial charge >= 0.3 is 0 Å². The molecule has 0 aromatic heterocycles. The maximum atomic E-state index is 12.7. The van der Waals surface area contributed by atoms with Gasteiger partial charge in [0.15, 0.2) is 6.10 Å². The molecule has 0 heterocycles. The topological polar surface area (TPSA) is 38.3 Å². The number of hydrogen-bond donors (Lipinski definition) is 1. The summed E-state index contributed by atoms with van der Waals surface area (Å²) in [6.45, 7) is 3.97. The minimum Gasteiger partial charge on any atom is -0.481 e. The van der Waals surface area contributed by atoms with Gasteiger partial charge in [0.2, 0.25) is 0 Å². The summed E-state index contributed by atoms with van der Waals surface area (Å²) in [5, 5.41) is 3.74. The number of nitrogens with one attached hydrogen (secondary N) is 1. The summed E-state index contributed by atoms with van der Waals surface area (Å²) < 4.78 is 5.84. The van der Waals surface area contributed by atoms with E-state index in [9.17, 15) is 4.79 Å². The third-order valence-electron chi connectivity index (χ3n) is 4.99. The van der Waals surface area contributed by atoms with Crippen LogP contribution in [0, 0.1) is 0 Å². The van der Waals surface area contributed by atoms with Gasteiger partial charge in [-0.15, -0.1) is 0 Å². The summed E-state index contributed by atoms with van der Waals surface area (Å²) in [6, 6.07) is 13.6. The van der Waals surface area contributed by atoms with Crippen LogP contribution in [0.15, 0.2) is 42.5 Å². The number of amides is 1. The second-order valence-electron chi connectivity index (χ2n) is 6.93. The first-order chi connectivity index (χ1) is 12.6. The van der Waals surface area contributed by atoms with Gasteiger partial charge in [0.05, 0.1) is 6.04 Å². The zero-order valence-electron chi connectivity index (χ0n) is 15.4. The molecule has 0 bridgehead atoms. The lowest BCUT2D eigenvalue weighted by molar-refractivity contribution is -0.128. The molecule has 1 aliphatic rings. The maximum absolute atomic E-state index is 12.7. The Morgan fingerprint density at radius 3 is 2.50 bits per heavy atom. The van der Waals surface area contributed by atoms with E-state index in [2.05, 4.69) is 23.5 Å². The molecule has 2 aromatic rings. The largest absolute Gasteiger partial charge is 0.481 e. The number of aryl methyl sites for hydroxylation is 2. The Labute approximate surface area is 160 Å². The third-order valence-corrected chi connectivity index (χ3v) is 5.24. The molecule has 1 aliphatic carbocycles. The van der Waals surface area contributed by atoms with Crippen molar-refractivity contribution in [2.45, 2.75) is 58.1 Å². The predicted molar refractivity (Wildman–Crippen MR) is 106 cm³/mol. The number of halogens is 1. The van der Waals surface area contributed by atoms with Crippen molar-refractivity contribution in [3.8, 4) is 5.75 Å². The molecule has 3 nitrogen and oxygen atoms in total. The van der Waals surface area contributed by atoms with E-state index in [4.69, 9.17) is 16.3 Å². The van der Waals surface area contributed by atoms with Crippen molar-refractivity contribution in [1.29, 1.82) is 0 Å². The van der Waals surface area contributed by atoms with Crippen LogP contribution < -0.4 is 10.1 Å². The summed E-state index contributed by atoms with van der Waals surface area (Å²) in [6.07, 6.45) is 4.93. The zero-order valence-corrected chi connectivity index (χ0v) is 16.2. The number of hydrogen-bond acceptors (Lipinski definition) is 2. The molecule has 138 valence electrons.